The lowest BCUT2D eigenvalue weighted by Crippen LogP contribution is -2.38. The Kier molecular flexibility index (Phi) is 4.10. The van der Waals surface area contributed by atoms with Crippen LogP contribution in [0.4, 0.5) is 0 Å². The first-order valence-corrected chi connectivity index (χ1v) is 7.36. The lowest BCUT2D eigenvalue weighted by atomic mass is 10.1. The number of aryl methyl sites for hydroxylation is 1. The quantitative estimate of drug-likeness (QED) is 0.822. The third kappa shape index (κ3) is 2.94. The summed E-state index contributed by atoms with van der Waals surface area (Å²) in [6.07, 6.45) is 2.54. The van der Waals surface area contributed by atoms with Crippen molar-refractivity contribution in [3.8, 4) is 0 Å². The van der Waals surface area contributed by atoms with E-state index in [1.165, 1.54) is 12.8 Å². The first kappa shape index (κ1) is 13.6. The van der Waals surface area contributed by atoms with Gasteiger partial charge in [-0.2, -0.15) is 0 Å². The van der Waals surface area contributed by atoms with E-state index in [0.717, 1.165) is 28.1 Å². The minimum atomic E-state index is 0.146. The second kappa shape index (κ2) is 5.43. The van der Waals surface area contributed by atoms with Crippen molar-refractivity contribution in [1.82, 2.24) is 4.90 Å². The van der Waals surface area contributed by atoms with Crippen LogP contribution < -0.4 is 0 Å². The topological polar surface area (TPSA) is 20.3 Å². The van der Waals surface area contributed by atoms with Gasteiger partial charge < -0.3 is 4.90 Å². The maximum atomic E-state index is 12.6. The normalized spacial score (nSPS) is 14.9. The Hall–Kier alpha value is -0.830. The number of benzene rings is 1. The highest BCUT2D eigenvalue weighted by atomic mass is 79.9. The number of nitrogens with zero attached hydrogens (tertiary/aromatic N) is 1. The summed E-state index contributed by atoms with van der Waals surface area (Å²) in [5.74, 6) is 0.868. The van der Waals surface area contributed by atoms with E-state index in [4.69, 9.17) is 0 Å². The highest BCUT2D eigenvalue weighted by molar-refractivity contribution is 9.10. The van der Waals surface area contributed by atoms with Crippen molar-refractivity contribution in [2.75, 3.05) is 6.54 Å². The summed E-state index contributed by atoms with van der Waals surface area (Å²) in [6.45, 7) is 7.09. The molecule has 0 unspecified atom stereocenters. The summed E-state index contributed by atoms with van der Waals surface area (Å²) < 4.78 is 0.927. The van der Waals surface area contributed by atoms with Crippen molar-refractivity contribution in [3.63, 3.8) is 0 Å². The molecule has 1 amide bonds. The van der Waals surface area contributed by atoms with Gasteiger partial charge >= 0.3 is 0 Å². The molecule has 1 aliphatic rings. The molecule has 1 aliphatic carbocycles. The number of hydrogen-bond donors (Lipinski definition) is 0. The lowest BCUT2D eigenvalue weighted by molar-refractivity contribution is 0.0695. The number of carbonyl (C=O) groups is 1. The Balaban J connectivity index is 2.23. The minimum absolute atomic E-state index is 0.146. The molecule has 18 heavy (non-hydrogen) atoms. The van der Waals surface area contributed by atoms with Gasteiger partial charge in [-0.3, -0.25) is 4.79 Å². The van der Waals surface area contributed by atoms with Gasteiger partial charge in [-0.15, -0.1) is 0 Å². The first-order chi connectivity index (χ1) is 8.50. The molecular weight excluding hydrogens is 290 g/mol. The summed E-state index contributed by atoms with van der Waals surface area (Å²) in [5.41, 5.74) is 1.89. The van der Waals surface area contributed by atoms with E-state index in [2.05, 4.69) is 29.8 Å². The third-order valence-electron chi connectivity index (χ3n) is 3.46. The summed E-state index contributed by atoms with van der Waals surface area (Å²) in [4.78, 5) is 14.6. The molecule has 2 rings (SSSR count). The summed E-state index contributed by atoms with van der Waals surface area (Å²) in [7, 11) is 0. The Morgan fingerprint density at radius 3 is 2.67 bits per heavy atom. The number of rotatable bonds is 4. The number of amides is 1. The van der Waals surface area contributed by atoms with Gasteiger partial charge in [0.15, 0.2) is 0 Å². The van der Waals surface area contributed by atoms with E-state index in [-0.39, 0.29) is 11.9 Å². The SMILES string of the molecule is Cc1cccc(C(=O)N(CC2CC2)C(C)C)c1Br. The fourth-order valence-corrected chi connectivity index (χ4v) is 2.51. The fraction of sp³-hybridized carbons (Fsp3) is 0.533. The van der Waals surface area contributed by atoms with E-state index >= 15 is 0 Å². The Bertz CT molecular complexity index is 452. The minimum Gasteiger partial charge on any atom is -0.336 e. The Morgan fingerprint density at radius 2 is 2.11 bits per heavy atom. The monoisotopic (exact) mass is 309 g/mol. The highest BCUT2D eigenvalue weighted by Gasteiger charge is 2.29. The second-order valence-corrected chi connectivity index (χ2v) is 6.22. The second-order valence-electron chi connectivity index (χ2n) is 5.43. The van der Waals surface area contributed by atoms with Crippen LogP contribution >= 0.6 is 15.9 Å². The van der Waals surface area contributed by atoms with Crippen molar-refractivity contribution in [2.45, 2.75) is 39.7 Å². The summed E-state index contributed by atoms with van der Waals surface area (Å²) >= 11 is 3.53. The van der Waals surface area contributed by atoms with Gasteiger partial charge in [0.25, 0.3) is 5.91 Å². The number of carbonyl (C=O) groups excluding carboxylic acids is 1. The molecule has 0 heterocycles. The lowest BCUT2D eigenvalue weighted by Gasteiger charge is -2.27. The zero-order valence-corrected chi connectivity index (χ0v) is 12.8. The van der Waals surface area contributed by atoms with E-state index in [1.807, 2.05) is 30.0 Å². The van der Waals surface area contributed by atoms with Crippen LogP contribution in [0.15, 0.2) is 22.7 Å². The average Bonchev–Trinajstić information content (AvgIpc) is 3.12. The van der Waals surface area contributed by atoms with E-state index in [0.29, 0.717) is 0 Å². The zero-order valence-electron chi connectivity index (χ0n) is 11.2. The van der Waals surface area contributed by atoms with E-state index in [1.54, 1.807) is 0 Å². The summed E-state index contributed by atoms with van der Waals surface area (Å²) in [6, 6.07) is 6.12. The van der Waals surface area contributed by atoms with Gasteiger partial charge in [-0.1, -0.05) is 12.1 Å². The van der Waals surface area contributed by atoms with Crippen LogP contribution in [-0.4, -0.2) is 23.4 Å². The molecule has 1 aromatic carbocycles. The first-order valence-electron chi connectivity index (χ1n) is 6.56. The molecule has 2 nitrogen and oxygen atoms in total. The van der Waals surface area contributed by atoms with Crippen LogP contribution in [-0.2, 0) is 0 Å². The highest BCUT2D eigenvalue weighted by Crippen LogP contribution is 2.31. The molecule has 1 fully saturated rings. The maximum Gasteiger partial charge on any atom is 0.255 e. The van der Waals surface area contributed by atoms with Crippen molar-refractivity contribution in [3.05, 3.63) is 33.8 Å². The van der Waals surface area contributed by atoms with Gasteiger partial charge in [0.2, 0.25) is 0 Å². The van der Waals surface area contributed by atoms with Crippen molar-refractivity contribution in [1.29, 1.82) is 0 Å². The standard InChI is InChI=1S/C15H20BrNO/c1-10(2)17(9-12-7-8-12)15(18)13-6-4-5-11(3)14(13)16/h4-6,10,12H,7-9H2,1-3H3. The van der Waals surface area contributed by atoms with Gasteiger partial charge in [-0.05, 0) is 67.1 Å². The largest absolute Gasteiger partial charge is 0.336 e. The molecule has 1 aromatic rings. The van der Waals surface area contributed by atoms with Gasteiger partial charge in [0, 0.05) is 17.1 Å². The number of halogens is 1. The van der Waals surface area contributed by atoms with Crippen LogP contribution in [0.1, 0.15) is 42.6 Å². The molecule has 3 heteroatoms. The molecule has 0 saturated heterocycles. The Labute approximate surface area is 117 Å². The van der Waals surface area contributed by atoms with Crippen LogP contribution in [0.2, 0.25) is 0 Å². The molecule has 0 bridgehead atoms. The molecule has 0 spiro atoms. The smallest absolute Gasteiger partial charge is 0.255 e. The zero-order chi connectivity index (χ0) is 13.3. The average molecular weight is 310 g/mol. The van der Waals surface area contributed by atoms with Crippen molar-refractivity contribution < 1.29 is 4.79 Å². The van der Waals surface area contributed by atoms with Crippen LogP contribution in [0.5, 0.6) is 0 Å². The van der Waals surface area contributed by atoms with Gasteiger partial charge in [-0.25, -0.2) is 0 Å². The molecule has 0 atom stereocenters. The molecule has 0 aromatic heterocycles. The van der Waals surface area contributed by atoms with E-state index in [9.17, 15) is 4.79 Å². The van der Waals surface area contributed by atoms with Gasteiger partial charge in [0.05, 0.1) is 5.56 Å². The van der Waals surface area contributed by atoms with Crippen molar-refractivity contribution in [2.24, 2.45) is 5.92 Å². The predicted octanol–water partition coefficient (Wildman–Crippen LogP) is 4.02. The molecule has 0 N–H and O–H groups in total. The molecule has 0 aliphatic heterocycles. The molecule has 1 saturated carbocycles. The van der Waals surface area contributed by atoms with Gasteiger partial charge in [0.1, 0.15) is 0 Å². The van der Waals surface area contributed by atoms with Crippen LogP contribution in [0, 0.1) is 12.8 Å². The van der Waals surface area contributed by atoms with Crippen LogP contribution in [0.25, 0.3) is 0 Å². The van der Waals surface area contributed by atoms with E-state index < -0.39 is 0 Å². The molecular formula is C15H20BrNO. The summed E-state index contributed by atoms with van der Waals surface area (Å²) in [5, 5.41) is 0. The molecule has 0 radical (unpaired) electrons. The third-order valence-corrected chi connectivity index (χ3v) is 4.51. The van der Waals surface area contributed by atoms with Crippen LogP contribution in [0.3, 0.4) is 0 Å². The molecule has 98 valence electrons. The predicted molar refractivity (Wildman–Crippen MR) is 77.8 cm³/mol. The number of hydrogen-bond acceptors (Lipinski definition) is 1. The fourth-order valence-electron chi connectivity index (χ4n) is 2.07. The Morgan fingerprint density at radius 1 is 1.44 bits per heavy atom. The maximum absolute atomic E-state index is 12.6. The van der Waals surface area contributed by atoms with Crippen molar-refractivity contribution >= 4 is 21.8 Å².